The molecular weight excluding hydrogens is 470 g/mol. The Hall–Kier alpha value is -3.96. The summed E-state index contributed by atoms with van der Waals surface area (Å²) in [7, 11) is 3.08. The van der Waals surface area contributed by atoms with Crippen LogP contribution < -0.4 is 11.5 Å². The number of carbonyl (C=O) groups excluding carboxylic acids is 4. The van der Waals surface area contributed by atoms with E-state index in [2.05, 4.69) is 0 Å². The van der Waals surface area contributed by atoms with Crippen LogP contribution in [-0.2, 0) is 25.6 Å². The number of nitrogens with zero attached hydrogens (tertiary/aromatic N) is 1. The molecule has 11 heteroatoms. The number of aromatic hydroxyl groups is 1. The number of carbonyl (C=O) groups is 4. The topological polar surface area (TPSA) is 197 Å². The minimum Gasteiger partial charge on any atom is -0.507 e. The van der Waals surface area contributed by atoms with Gasteiger partial charge in [-0.05, 0) is 50.6 Å². The highest BCUT2D eigenvalue weighted by Crippen LogP contribution is 2.53. The monoisotopic (exact) mass is 495 g/mol. The summed E-state index contributed by atoms with van der Waals surface area (Å²) in [5, 5.41) is 33.6. The first-order chi connectivity index (χ1) is 16.9. The van der Waals surface area contributed by atoms with Crippen LogP contribution in [0, 0.1) is 17.8 Å². The van der Waals surface area contributed by atoms with Gasteiger partial charge >= 0.3 is 0 Å². The van der Waals surface area contributed by atoms with Crippen LogP contribution >= 0.6 is 0 Å². The minimum absolute atomic E-state index is 0.0148. The standard InChI is InChI=1S/C25H25N3O8/c1-28(2)18-13-7-11-5-10-6-12(9-3-4-36-8-9)17(26)20(30)14(10)19(29)15(11)22(32)25(13,35)23(33)16(21(18)31)24(27)34/h3-4,6,8,11,13,16,18,29-30,35H,5,7,26H2,1-2H3,(H2,27,34)/t11-,13-,16?,18-,25-/m0/s1. The average molecular weight is 495 g/mol. The van der Waals surface area contributed by atoms with Crippen LogP contribution in [0.15, 0.2) is 34.6 Å². The Morgan fingerprint density at radius 2 is 1.92 bits per heavy atom. The second-order valence-corrected chi connectivity index (χ2v) is 9.84. The van der Waals surface area contributed by atoms with Gasteiger partial charge in [0.1, 0.15) is 11.5 Å². The number of furan rings is 1. The van der Waals surface area contributed by atoms with E-state index in [-0.39, 0.29) is 29.7 Å². The quantitative estimate of drug-likeness (QED) is 0.222. The molecule has 1 aromatic heterocycles. The maximum Gasteiger partial charge on any atom is 0.235 e. The van der Waals surface area contributed by atoms with Gasteiger partial charge < -0.3 is 31.2 Å². The van der Waals surface area contributed by atoms with Gasteiger partial charge in [-0.1, -0.05) is 0 Å². The van der Waals surface area contributed by atoms with E-state index in [9.17, 15) is 34.5 Å². The van der Waals surface area contributed by atoms with E-state index in [1.807, 2.05) is 0 Å². The number of nitrogens with two attached hydrogens (primary N) is 2. The van der Waals surface area contributed by atoms with Gasteiger partial charge in [0, 0.05) is 22.6 Å². The second kappa shape index (κ2) is 7.77. The molecule has 0 aliphatic heterocycles. The van der Waals surface area contributed by atoms with Crippen molar-refractivity contribution in [3.05, 3.63) is 41.4 Å². The third-order valence-electron chi connectivity index (χ3n) is 7.72. The van der Waals surface area contributed by atoms with E-state index >= 15 is 0 Å². The van der Waals surface area contributed by atoms with Gasteiger partial charge in [-0.3, -0.25) is 24.1 Å². The predicted octanol–water partition coefficient (Wildman–Crippen LogP) is 0.179. The Balaban J connectivity index is 1.70. The summed E-state index contributed by atoms with van der Waals surface area (Å²) < 4.78 is 5.11. The van der Waals surface area contributed by atoms with E-state index < -0.39 is 64.2 Å². The number of anilines is 1. The molecule has 1 heterocycles. The highest BCUT2D eigenvalue weighted by Gasteiger charge is 2.67. The smallest absolute Gasteiger partial charge is 0.235 e. The van der Waals surface area contributed by atoms with E-state index in [4.69, 9.17) is 15.9 Å². The van der Waals surface area contributed by atoms with Crippen LogP contribution in [-0.4, -0.2) is 69.2 Å². The lowest BCUT2D eigenvalue weighted by Crippen LogP contribution is -2.72. The molecule has 2 aromatic rings. The maximum absolute atomic E-state index is 13.7. The normalized spacial score (nSPS) is 29.7. The second-order valence-electron chi connectivity index (χ2n) is 9.84. The molecule has 11 nitrogen and oxygen atoms in total. The fraction of sp³-hybridized carbons (Fsp3) is 0.360. The fourth-order valence-corrected chi connectivity index (χ4v) is 6.11. The van der Waals surface area contributed by atoms with Crippen molar-refractivity contribution < 1.29 is 38.9 Å². The summed E-state index contributed by atoms with van der Waals surface area (Å²) in [6, 6.07) is 2.19. The van der Waals surface area contributed by atoms with E-state index in [0.29, 0.717) is 16.7 Å². The molecule has 7 N–H and O–H groups in total. The molecule has 188 valence electrons. The molecule has 0 bridgehead atoms. The fourth-order valence-electron chi connectivity index (χ4n) is 6.11. The zero-order chi connectivity index (χ0) is 26.3. The first kappa shape index (κ1) is 23.8. The van der Waals surface area contributed by atoms with Gasteiger partial charge in [0.25, 0.3) is 0 Å². The number of nitrogen functional groups attached to an aromatic ring is 1. The summed E-state index contributed by atoms with van der Waals surface area (Å²) in [6.07, 6.45) is 3.04. The number of hydrogen-bond acceptors (Lipinski definition) is 10. The summed E-state index contributed by atoms with van der Waals surface area (Å²) in [5.74, 6) is -9.36. The van der Waals surface area contributed by atoms with Crippen LogP contribution in [0.5, 0.6) is 5.75 Å². The van der Waals surface area contributed by atoms with Gasteiger partial charge in [0.2, 0.25) is 11.7 Å². The first-order valence-electron chi connectivity index (χ1n) is 11.3. The van der Waals surface area contributed by atoms with Crippen molar-refractivity contribution >= 4 is 34.7 Å². The molecule has 0 radical (unpaired) electrons. The number of hydrogen-bond donors (Lipinski definition) is 5. The molecule has 1 unspecified atom stereocenters. The van der Waals surface area contributed by atoms with Crippen molar-refractivity contribution in [1.29, 1.82) is 0 Å². The molecule has 36 heavy (non-hydrogen) atoms. The lowest BCUT2D eigenvalue weighted by molar-refractivity contribution is -0.175. The molecule has 2 saturated carbocycles. The molecule has 2 fully saturated rings. The Bertz CT molecular complexity index is 1380. The van der Waals surface area contributed by atoms with Crippen molar-refractivity contribution in [2.75, 3.05) is 19.8 Å². The number of phenolic OH excluding ortho intramolecular Hbond substituents is 1. The Labute approximate surface area is 205 Å². The number of ketones is 3. The van der Waals surface area contributed by atoms with Crippen molar-refractivity contribution in [2.45, 2.75) is 24.5 Å². The van der Waals surface area contributed by atoms with Crippen LogP contribution in [0.25, 0.3) is 16.9 Å². The highest BCUT2D eigenvalue weighted by molar-refractivity contribution is 6.32. The third kappa shape index (κ3) is 2.93. The number of fused-ring (bicyclic) bond motifs is 3. The van der Waals surface area contributed by atoms with Crippen LogP contribution in [0.2, 0.25) is 0 Å². The number of benzene rings is 1. The van der Waals surface area contributed by atoms with Gasteiger partial charge in [0.05, 0.1) is 29.8 Å². The van der Waals surface area contributed by atoms with E-state index in [0.717, 1.165) is 0 Å². The Morgan fingerprint density at radius 1 is 1.22 bits per heavy atom. The number of primary amides is 1. The summed E-state index contributed by atoms with van der Waals surface area (Å²) in [5.41, 5.74) is 9.87. The Morgan fingerprint density at radius 3 is 2.50 bits per heavy atom. The van der Waals surface area contributed by atoms with Crippen LogP contribution in [0.4, 0.5) is 5.69 Å². The zero-order valence-corrected chi connectivity index (χ0v) is 19.5. The number of Topliss-reactive ketones (excluding diaryl/α,β-unsaturated/α-hetero) is 3. The Kier molecular flexibility index (Phi) is 5.13. The van der Waals surface area contributed by atoms with Crippen molar-refractivity contribution in [2.24, 2.45) is 23.5 Å². The molecule has 3 aliphatic carbocycles. The summed E-state index contributed by atoms with van der Waals surface area (Å²) >= 11 is 0. The summed E-state index contributed by atoms with van der Waals surface area (Å²) in [6.45, 7) is 0. The van der Waals surface area contributed by atoms with Gasteiger partial charge in [-0.2, -0.15) is 0 Å². The highest BCUT2D eigenvalue weighted by atomic mass is 16.3. The molecular formula is C25H25N3O8. The van der Waals surface area contributed by atoms with Crippen molar-refractivity contribution in [1.82, 2.24) is 4.90 Å². The SMILES string of the molecule is CN(C)[C@@H]1C(=O)C(C(N)=O)C(=O)[C@@]2(O)C(=O)C3=C(O)c4c(cc(-c5ccoc5)c(N)c4O)C[C@H]3C[C@@H]12. The molecule has 5 atom stereocenters. The van der Waals surface area contributed by atoms with Gasteiger partial charge in [-0.15, -0.1) is 0 Å². The van der Waals surface area contributed by atoms with Crippen molar-refractivity contribution in [3.63, 3.8) is 0 Å². The number of amides is 1. The molecule has 3 aliphatic rings. The third-order valence-corrected chi connectivity index (χ3v) is 7.72. The van der Waals surface area contributed by atoms with E-state index in [1.165, 1.54) is 31.5 Å². The molecule has 0 saturated heterocycles. The zero-order valence-electron chi connectivity index (χ0n) is 19.5. The molecule has 5 rings (SSSR count). The van der Waals surface area contributed by atoms with Gasteiger partial charge in [0.15, 0.2) is 23.1 Å². The first-order valence-corrected chi connectivity index (χ1v) is 11.3. The lowest BCUT2D eigenvalue weighted by atomic mass is 9.55. The number of likely N-dealkylation sites (N-methyl/N-ethyl adjacent to an activating group) is 1. The van der Waals surface area contributed by atoms with Crippen molar-refractivity contribution in [3.8, 4) is 16.9 Å². The molecule has 1 aromatic carbocycles. The minimum atomic E-state index is -2.75. The number of aliphatic hydroxyl groups excluding tert-OH is 1. The maximum atomic E-state index is 13.7. The van der Waals surface area contributed by atoms with E-state index in [1.54, 1.807) is 12.1 Å². The van der Waals surface area contributed by atoms with Crippen LogP contribution in [0.1, 0.15) is 17.5 Å². The number of rotatable bonds is 3. The lowest BCUT2D eigenvalue weighted by Gasteiger charge is -2.51. The molecule has 0 spiro atoms. The number of phenols is 1. The predicted molar refractivity (Wildman–Crippen MR) is 125 cm³/mol. The summed E-state index contributed by atoms with van der Waals surface area (Å²) in [4.78, 5) is 53.5. The number of aliphatic hydroxyl groups is 2. The molecule has 1 amide bonds. The average Bonchev–Trinajstić information content (AvgIpc) is 3.33. The largest absolute Gasteiger partial charge is 0.507 e. The van der Waals surface area contributed by atoms with Gasteiger partial charge in [-0.25, -0.2) is 0 Å². The van der Waals surface area contributed by atoms with Crippen LogP contribution in [0.3, 0.4) is 0 Å².